The second kappa shape index (κ2) is 8.26. The number of aryl methyl sites for hydroxylation is 1. The Morgan fingerprint density at radius 1 is 0.968 bits per heavy atom. The Labute approximate surface area is 193 Å². The third-order valence-corrected chi connectivity index (χ3v) is 7.07. The summed E-state index contributed by atoms with van der Waals surface area (Å²) in [6, 6.07) is 21.8. The molecule has 152 valence electrons. The standard InChI is InChI=1S/C24H17N3OS3/c1-16-9-11-19(12-10-16)27-23(28)21(31-24(27)29)14-17-15-26(18-6-3-2-4-7-18)25-22(17)20-8-5-13-30-20/h2-15H,1H3. The lowest BCUT2D eigenvalue weighted by atomic mass is 10.2. The summed E-state index contributed by atoms with van der Waals surface area (Å²) < 4.78 is 2.38. The molecule has 0 N–H and O–H groups in total. The highest BCUT2D eigenvalue weighted by Crippen LogP contribution is 2.38. The fraction of sp³-hybridized carbons (Fsp3) is 0.0417. The Kier molecular flexibility index (Phi) is 5.31. The van der Waals surface area contributed by atoms with E-state index in [0.717, 1.165) is 33.1 Å². The van der Waals surface area contributed by atoms with Crippen molar-refractivity contribution in [3.8, 4) is 16.3 Å². The number of carbonyl (C=O) groups is 1. The molecule has 5 rings (SSSR count). The number of benzene rings is 2. The highest BCUT2D eigenvalue weighted by molar-refractivity contribution is 8.27. The van der Waals surface area contributed by atoms with Gasteiger partial charge in [-0.25, -0.2) is 4.68 Å². The van der Waals surface area contributed by atoms with Gasteiger partial charge in [0.15, 0.2) is 4.32 Å². The zero-order chi connectivity index (χ0) is 21.4. The molecule has 1 aliphatic heterocycles. The van der Waals surface area contributed by atoms with Crippen LogP contribution >= 0.6 is 35.3 Å². The molecule has 31 heavy (non-hydrogen) atoms. The number of nitrogens with zero attached hydrogens (tertiary/aromatic N) is 3. The number of aromatic nitrogens is 2. The summed E-state index contributed by atoms with van der Waals surface area (Å²) in [4.78, 5) is 16.4. The normalized spacial score (nSPS) is 15.3. The fourth-order valence-corrected chi connectivity index (χ4v) is 5.36. The summed E-state index contributed by atoms with van der Waals surface area (Å²) in [6.07, 6.45) is 3.86. The van der Waals surface area contributed by atoms with Crippen molar-refractivity contribution >= 4 is 57.3 Å². The first-order valence-corrected chi connectivity index (χ1v) is 11.7. The van der Waals surface area contributed by atoms with E-state index in [9.17, 15) is 4.79 Å². The molecular formula is C24H17N3OS3. The lowest BCUT2D eigenvalue weighted by Gasteiger charge is -2.14. The van der Waals surface area contributed by atoms with E-state index in [1.54, 1.807) is 16.2 Å². The molecule has 1 aliphatic rings. The zero-order valence-corrected chi connectivity index (χ0v) is 19.0. The van der Waals surface area contributed by atoms with Crippen LogP contribution in [0, 0.1) is 6.92 Å². The van der Waals surface area contributed by atoms with Crippen LogP contribution in [-0.2, 0) is 4.79 Å². The van der Waals surface area contributed by atoms with Crippen molar-refractivity contribution in [2.75, 3.05) is 4.90 Å². The Morgan fingerprint density at radius 2 is 1.74 bits per heavy atom. The molecule has 3 heterocycles. The summed E-state index contributed by atoms with van der Waals surface area (Å²) in [5, 5.41) is 6.84. The van der Waals surface area contributed by atoms with Crippen molar-refractivity contribution in [1.82, 2.24) is 9.78 Å². The van der Waals surface area contributed by atoms with Crippen LogP contribution in [0.15, 0.2) is 83.2 Å². The third kappa shape index (κ3) is 3.87. The Bertz CT molecular complexity index is 1290. The van der Waals surface area contributed by atoms with Gasteiger partial charge in [-0.2, -0.15) is 5.10 Å². The molecule has 1 amide bonds. The number of hydrogen-bond donors (Lipinski definition) is 0. The minimum Gasteiger partial charge on any atom is -0.268 e. The van der Waals surface area contributed by atoms with Gasteiger partial charge in [-0.1, -0.05) is 65.9 Å². The number of thioether (sulfide) groups is 1. The Morgan fingerprint density at radius 3 is 2.45 bits per heavy atom. The van der Waals surface area contributed by atoms with Crippen LogP contribution in [-0.4, -0.2) is 20.0 Å². The van der Waals surface area contributed by atoms with Crippen LogP contribution in [0.3, 0.4) is 0 Å². The van der Waals surface area contributed by atoms with Crippen LogP contribution in [0.5, 0.6) is 0 Å². The van der Waals surface area contributed by atoms with Gasteiger partial charge in [0.05, 0.1) is 21.2 Å². The number of para-hydroxylation sites is 1. The van der Waals surface area contributed by atoms with Crippen LogP contribution in [0.4, 0.5) is 5.69 Å². The molecule has 7 heteroatoms. The van der Waals surface area contributed by atoms with Crippen LogP contribution in [0.25, 0.3) is 22.3 Å². The molecule has 0 atom stereocenters. The van der Waals surface area contributed by atoms with Gasteiger partial charge in [0.1, 0.15) is 5.69 Å². The first kappa shape index (κ1) is 19.9. The van der Waals surface area contributed by atoms with Crippen LogP contribution < -0.4 is 4.90 Å². The molecule has 1 saturated heterocycles. The van der Waals surface area contributed by atoms with Gasteiger partial charge in [0, 0.05) is 11.8 Å². The Hall–Kier alpha value is -3.00. The molecule has 4 aromatic rings. The lowest BCUT2D eigenvalue weighted by molar-refractivity contribution is -0.113. The van der Waals surface area contributed by atoms with E-state index >= 15 is 0 Å². The van der Waals surface area contributed by atoms with Gasteiger partial charge in [0.25, 0.3) is 5.91 Å². The number of anilines is 1. The number of amides is 1. The molecule has 0 spiro atoms. The number of thiocarbonyl (C=S) groups is 1. The van der Waals surface area contributed by atoms with Gasteiger partial charge in [0.2, 0.25) is 0 Å². The topological polar surface area (TPSA) is 38.1 Å². The molecule has 0 aliphatic carbocycles. The second-order valence-corrected chi connectivity index (χ2v) is 9.67. The maximum Gasteiger partial charge on any atom is 0.270 e. The SMILES string of the molecule is Cc1ccc(N2C(=O)C(=Cc3cn(-c4ccccc4)nc3-c3cccs3)SC2=S)cc1. The lowest BCUT2D eigenvalue weighted by Crippen LogP contribution is -2.27. The summed E-state index contributed by atoms with van der Waals surface area (Å²) >= 11 is 8.47. The van der Waals surface area contributed by atoms with Crippen LogP contribution in [0.2, 0.25) is 0 Å². The Balaban J connectivity index is 1.55. The van der Waals surface area contributed by atoms with E-state index in [2.05, 4.69) is 0 Å². The average molecular weight is 460 g/mol. The minimum absolute atomic E-state index is 0.108. The highest BCUT2D eigenvalue weighted by Gasteiger charge is 2.33. The smallest absolute Gasteiger partial charge is 0.268 e. The molecule has 0 radical (unpaired) electrons. The highest BCUT2D eigenvalue weighted by atomic mass is 32.2. The molecule has 0 bridgehead atoms. The van der Waals surface area contributed by atoms with Gasteiger partial charge in [-0.05, 0) is 48.7 Å². The first-order chi connectivity index (χ1) is 15.1. The molecule has 0 saturated carbocycles. The third-order valence-electron chi connectivity index (χ3n) is 4.89. The van der Waals surface area contributed by atoms with E-state index < -0.39 is 0 Å². The van der Waals surface area contributed by atoms with E-state index in [0.29, 0.717) is 9.23 Å². The van der Waals surface area contributed by atoms with Crippen molar-refractivity contribution in [1.29, 1.82) is 0 Å². The van der Waals surface area contributed by atoms with E-state index in [1.807, 2.05) is 96.0 Å². The monoisotopic (exact) mass is 459 g/mol. The predicted octanol–water partition coefficient (Wildman–Crippen LogP) is 6.32. The van der Waals surface area contributed by atoms with Gasteiger partial charge >= 0.3 is 0 Å². The van der Waals surface area contributed by atoms with Gasteiger partial charge in [-0.15, -0.1) is 11.3 Å². The average Bonchev–Trinajstić information content (AvgIpc) is 3.50. The van der Waals surface area contributed by atoms with Gasteiger partial charge in [-0.3, -0.25) is 9.69 Å². The molecule has 2 aromatic carbocycles. The zero-order valence-electron chi connectivity index (χ0n) is 16.6. The summed E-state index contributed by atoms with van der Waals surface area (Å²) in [7, 11) is 0. The summed E-state index contributed by atoms with van der Waals surface area (Å²) in [5.74, 6) is -0.108. The summed E-state index contributed by atoms with van der Waals surface area (Å²) in [6.45, 7) is 2.02. The second-order valence-electron chi connectivity index (χ2n) is 7.04. The summed E-state index contributed by atoms with van der Waals surface area (Å²) in [5.41, 5.74) is 4.62. The first-order valence-electron chi connectivity index (χ1n) is 9.64. The van der Waals surface area contributed by atoms with Crippen molar-refractivity contribution in [3.63, 3.8) is 0 Å². The van der Waals surface area contributed by atoms with Crippen molar-refractivity contribution in [2.45, 2.75) is 6.92 Å². The maximum absolute atomic E-state index is 13.2. The molecular weight excluding hydrogens is 442 g/mol. The van der Waals surface area contributed by atoms with E-state index in [4.69, 9.17) is 17.3 Å². The fourth-order valence-electron chi connectivity index (χ4n) is 3.34. The van der Waals surface area contributed by atoms with E-state index in [-0.39, 0.29) is 5.91 Å². The minimum atomic E-state index is -0.108. The van der Waals surface area contributed by atoms with Crippen molar-refractivity contribution in [2.24, 2.45) is 0 Å². The molecule has 1 fully saturated rings. The number of rotatable bonds is 4. The van der Waals surface area contributed by atoms with Crippen molar-refractivity contribution in [3.05, 3.63) is 94.3 Å². The largest absolute Gasteiger partial charge is 0.270 e. The quantitative estimate of drug-likeness (QED) is 0.265. The molecule has 4 nitrogen and oxygen atoms in total. The van der Waals surface area contributed by atoms with Crippen molar-refractivity contribution < 1.29 is 4.79 Å². The molecule has 0 unspecified atom stereocenters. The number of thiophene rings is 1. The number of carbonyl (C=O) groups excluding carboxylic acids is 1. The molecule has 2 aromatic heterocycles. The number of hydrogen-bond acceptors (Lipinski definition) is 5. The van der Waals surface area contributed by atoms with E-state index in [1.165, 1.54) is 11.8 Å². The maximum atomic E-state index is 13.2. The van der Waals surface area contributed by atoms with Gasteiger partial charge < -0.3 is 0 Å². The predicted molar refractivity (Wildman–Crippen MR) is 134 cm³/mol. The van der Waals surface area contributed by atoms with Crippen LogP contribution in [0.1, 0.15) is 11.1 Å².